The molecular formula is C20H18O3. The number of hydrogen-bond acceptors (Lipinski definition) is 3. The van der Waals surface area contributed by atoms with E-state index in [9.17, 15) is 10.2 Å². The normalized spacial score (nSPS) is 11.9. The van der Waals surface area contributed by atoms with Gasteiger partial charge >= 0.3 is 0 Å². The second-order valence-electron chi connectivity index (χ2n) is 5.25. The van der Waals surface area contributed by atoms with E-state index in [1.165, 1.54) is 0 Å². The van der Waals surface area contributed by atoms with Crippen LogP contribution in [0.4, 0.5) is 0 Å². The van der Waals surface area contributed by atoms with Crippen molar-refractivity contribution < 1.29 is 14.9 Å². The number of benzene rings is 3. The Kier molecular flexibility index (Phi) is 4.60. The predicted octanol–water partition coefficient (Wildman–Crippen LogP) is 4.17. The number of aliphatic hydroxyl groups is 1. The fourth-order valence-corrected chi connectivity index (χ4v) is 2.46. The molecule has 0 aliphatic rings. The van der Waals surface area contributed by atoms with Crippen LogP contribution in [0.2, 0.25) is 0 Å². The Hall–Kier alpha value is -2.78. The molecule has 0 radical (unpaired) electrons. The number of ether oxygens (including phenoxy) is 1. The summed E-state index contributed by atoms with van der Waals surface area (Å²) in [5, 5.41) is 20.8. The zero-order valence-electron chi connectivity index (χ0n) is 12.6. The molecule has 3 heteroatoms. The van der Waals surface area contributed by atoms with Gasteiger partial charge in [-0.05, 0) is 17.7 Å². The van der Waals surface area contributed by atoms with E-state index in [-0.39, 0.29) is 12.4 Å². The largest absolute Gasteiger partial charge is 0.507 e. The minimum Gasteiger partial charge on any atom is -0.507 e. The van der Waals surface area contributed by atoms with E-state index in [0.717, 1.165) is 5.56 Å². The first-order chi connectivity index (χ1) is 11.3. The predicted molar refractivity (Wildman–Crippen MR) is 90.4 cm³/mol. The Bertz CT molecular complexity index is 754. The molecule has 0 saturated carbocycles. The topological polar surface area (TPSA) is 49.7 Å². The third-order valence-electron chi connectivity index (χ3n) is 3.66. The van der Waals surface area contributed by atoms with Gasteiger partial charge in [0.15, 0.2) is 0 Å². The number of aromatic hydroxyl groups is 1. The number of para-hydroxylation sites is 2. The lowest BCUT2D eigenvalue weighted by Crippen LogP contribution is -2.10. The van der Waals surface area contributed by atoms with Gasteiger partial charge in [0.1, 0.15) is 24.2 Å². The fourth-order valence-electron chi connectivity index (χ4n) is 2.46. The molecule has 1 atom stereocenters. The van der Waals surface area contributed by atoms with Gasteiger partial charge in [-0.15, -0.1) is 0 Å². The van der Waals surface area contributed by atoms with Gasteiger partial charge < -0.3 is 14.9 Å². The summed E-state index contributed by atoms with van der Waals surface area (Å²) in [5.41, 5.74) is 2.06. The van der Waals surface area contributed by atoms with Gasteiger partial charge in [0.05, 0.1) is 0 Å². The van der Waals surface area contributed by atoms with Gasteiger partial charge in [-0.25, -0.2) is 0 Å². The Morgan fingerprint density at radius 3 is 2.13 bits per heavy atom. The highest BCUT2D eigenvalue weighted by atomic mass is 16.5. The molecule has 2 N–H and O–H groups in total. The maximum absolute atomic E-state index is 10.5. The van der Waals surface area contributed by atoms with Gasteiger partial charge in [-0.2, -0.15) is 0 Å². The summed E-state index contributed by atoms with van der Waals surface area (Å²) in [6, 6.07) is 24.3. The summed E-state index contributed by atoms with van der Waals surface area (Å²) in [6.45, 7) is 0.0792. The maximum Gasteiger partial charge on any atom is 0.129 e. The van der Waals surface area contributed by atoms with Crippen molar-refractivity contribution in [2.75, 3.05) is 6.61 Å². The highest BCUT2D eigenvalue weighted by molar-refractivity contribution is 5.71. The van der Waals surface area contributed by atoms with Crippen LogP contribution in [0, 0.1) is 0 Å². The van der Waals surface area contributed by atoms with Crippen molar-refractivity contribution in [2.24, 2.45) is 0 Å². The van der Waals surface area contributed by atoms with E-state index in [1.807, 2.05) is 72.8 Å². The quantitative estimate of drug-likeness (QED) is 0.743. The van der Waals surface area contributed by atoms with Crippen LogP contribution in [-0.4, -0.2) is 16.8 Å². The molecule has 116 valence electrons. The van der Waals surface area contributed by atoms with Crippen LogP contribution in [0.5, 0.6) is 11.5 Å². The molecule has 0 fully saturated rings. The first kappa shape index (κ1) is 15.1. The number of rotatable bonds is 5. The molecule has 3 aromatic carbocycles. The number of phenolic OH excluding ortho intramolecular Hbond substituents is 1. The van der Waals surface area contributed by atoms with Crippen LogP contribution < -0.4 is 4.74 Å². The molecular weight excluding hydrogens is 288 g/mol. The molecule has 0 aliphatic heterocycles. The van der Waals surface area contributed by atoms with Crippen LogP contribution >= 0.6 is 0 Å². The van der Waals surface area contributed by atoms with Crippen LogP contribution in [0.3, 0.4) is 0 Å². The van der Waals surface area contributed by atoms with Crippen LogP contribution in [0.15, 0.2) is 78.9 Å². The van der Waals surface area contributed by atoms with Crippen molar-refractivity contribution in [1.82, 2.24) is 0 Å². The van der Waals surface area contributed by atoms with E-state index in [0.29, 0.717) is 16.9 Å². The molecule has 0 saturated heterocycles. The van der Waals surface area contributed by atoms with Gasteiger partial charge in [0.25, 0.3) is 0 Å². The Morgan fingerprint density at radius 2 is 1.43 bits per heavy atom. The SMILES string of the molecule is Oc1c(-c2ccccc2)cccc1C(O)COc1ccccc1. The number of hydrogen-bond donors (Lipinski definition) is 2. The lowest BCUT2D eigenvalue weighted by Gasteiger charge is -2.16. The zero-order chi connectivity index (χ0) is 16.1. The molecule has 3 rings (SSSR count). The average molecular weight is 306 g/mol. The highest BCUT2D eigenvalue weighted by Crippen LogP contribution is 2.35. The first-order valence-corrected chi connectivity index (χ1v) is 7.49. The number of phenols is 1. The summed E-state index contributed by atoms with van der Waals surface area (Å²) < 4.78 is 5.56. The molecule has 0 aromatic heterocycles. The van der Waals surface area contributed by atoms with E-state index >= 15 is 0 Å². The Morgan fingerprint density at radius 1 is 0.783 bits per heavy atom. The van der Waals surface area contributed by atoms with Crippen molar-refractivity contribution in [3.05, 3.63) is 84.4 Å². The third-order valence-corrected chi connectivity index (χ3v) is 3.66. The van der Waals surface area contributed by atoms with E-state index in [4.69, 9.17) is 4.74 Å². The molecule has 1 unspecified atom stereocenters. The van der Waals surface area contributed by atoms with Gasteiger partial charge in [0.2, 0.25) is 0 Å². The average Bonchev–Trinajstić information content (AvgIpc) is 2.61. The third kappa shape index (κ3) is 3.52. The molecule has 0 amide bonds. The zero-order valence-corrected chi connectivity index (χ0v) is 12.6. The van der Waals surface area contributed by atoms with Crippen molar-refractivity contribution in [3.63, 3.8) is 0 Å². The van der Waals surface area contributed by atoms with Crippen LogP contribution in [0.25, 0.3) is 11.1 Å². The molecule has 3 aromatic rings. The summed E-state index contributed by atoms with van der Waals surface area (Å²) >= 11 is 0. The van der Waals surface area contributed by atoms with Crippen molar-refractivity contribution in [3.8, 4) is 22.6 Å². The molecule has 0 heterocycles. The lowest BCUT2D eigenvalue weighted by molar-refractivity contribution is 0.106. The smallest absolute Gasteiger partial charge is 0.129 e. The van der Waals surface area contributed by atoms with Crippen molar-refractivity contribution in [2.45, 2.75) is 6.10 Å². The second-order valence-corrected chi connectivity index (χ2v) is 5.25. The lowest BCUT2D eigenvalue weighted by atomic mass is 9.99. The highest BCUT2D eigenvalue weighted by Gasteiger charge is 2.16. The van der Waals surface area contributed by atoms with Gasteiger partial charge in [0, 0.05) is 11.1 Å². The minimum atomic E-state index is -0.904. The van der Waals surface area contributed by atoms with Gasteiger partial charge in [-0.3, -0.25) is 0 Å². The van der Waals surface area contributed by atoms with Crippen LogP contribution in [-0.2, 0) is 0 Å². The monoisotopic (exact) mass is 306 g/mol. The molecule has 23 heavy (non-hydrogen) atoms. The summed E-state index contributed by atoms with van der Waals surface area (Å²) in [5.74, 6) is 0.771. The molecule has 0 spiro atoms. The van der Waals surface area contributed by atoms with Gasteiger partial charge in [-0.1, -0.05) is 66.7 Å². The molecule has 3 nitrogen and oxygen atoms in total. The summed E-state index contributed by atoms with van der Waals surface area (Å²) in [4.78, 5) is 0. The minimum absolute atomic E-state index is 0.0792. The standard InChI is InChI=1S/C20H18O3/c21-19(14-23-16-10-5-2-6-11-16)18-13-7-12-17(20(18)22)15-8-3-1-4-9-15/h1-13,19,21-22H,14H2. The Labute approximate surface area is 135 Å². The van der Waals surface area contributed by atoms with E-state index < -0.39 is 6.10 Å². The Balaban J connectivity index is 1.80. The second kappa shape index (κ2) is 6.99. The molecule has 0 bridgehead atoms. The van der Waals surface area contributed by atoms with E-state index in [1.54, 1.807) is 6.07 Å². The summed E-state index contributed by atoms with van der Waals surface area (Å²) in [6.07, 6.45) is -0.904. The van der Waals surface area contributed by atoms with Crippen molar-refractivity contribution >= 4 is 0 Å². The van der Waals surface area contributed by atoms with E-state index in [2.05, 4.69) is 0 Å². The maximum atomic E-state index is 10.5. The number of aliphatic hydroxyl groups excluding tert-OH is 1. The fraction of sp³-hybridized carbons (Fsp3) is 0.100. The summed E-state index contributed by atoms with van der Waals surface area (Å²) in [7, 11) is 0. The first-order valence-electron chi connectivity index (χ1n) is 7.49. The van der Waals surface area contributed by atoms with Crippen LogP contribution in [0.1, 0.15) is 11.7 Å². The molecule has 0 aliphatic carbocycles. The van der Waals surface area contributed by atoms with Crippen molar-refractivity contribution in [1.29, 1.82) is 0 Å².